The van der Waals surface area contributed by atoms with Gasteiger partial charge < -0.3 is 10.8 Å². The van der Waals surface area contributed by atoms with E-state index >= 15 is 0 Å². The SMILES string of the molecule is Nc1cc(C(=O)O)c(F)cc1Sc1cc(F)ccc1F. The lowest BCUT2D eigenvalue weighted by Crippen LogP contribution is -2.03. The van der Waals surface area contributed by atoms with Crippen LogP contribution in [-0.2, 0) is 0 Å². The number of hydrogen-bond donors (Lipinski definition) is 2. The Labute approximate surface area is 116 Å². The minimum atomic E-state index is -1.46. The van der Waals surface area contributed by atoms with E-state index in [1.165, 1.54) is 0 Å². The fraction of sp³-hybridized carbons (Fsp3) is 0. The van der Waals surface area contributed by atoms with E-state index in [-0.39, 0.29) is 15.5 Å². The topological polar surface area (TPSA) is 63.3 Å². The van der Waals surface area contributed by atoms with Gasteiger partial charge in [-0.05, 0) is 30.3 Å². The van der Waals surface area contributed by atoms with Crippen molar-refractivity contribution in [2.45, 2.75) is 9.79 Å². The average molecular weight is 299 g/mol. The fourth-order valence-electron chi connectivity index (χ4n) is 1.50. The molecule has 2 rings (SSSR count). The molecule has 0 aliphatic carbocycles. The second-order valence-electron chi connectivity index (χ2n) is 3.85. The molecular weight excluding hydrogens is 291 g/mol. The lowest BCUT2D eigenvalue weighted by molar-refractivity contribution is 0.0692. The van der Waals surface area contributed by atoms with Crippen molar-refractivity contribution in [2.75, 3.05) is 5.73 Å². The molecule has 0 aliphatic heterocycles. The first kappa shape index (κ1) is 14.3. The van der Waals surface area contributed by atoms with E-state index in [2.05, 4.69) is 0 Å². The van der Waals surface area contributed by atoms with Crippen molar-refractivity contribution in [1.29, 1.82) is 0 Å². The summed E-state index contributed by atoms with van der Waals surface area (Å²) in [5.41, 5.74) is 4.99. The Morgan fingerprint density at radius 1 is 1.05 bits per heavy atom. The van der Waals surface area contributed by atoms with E-state index in [1.807, 2.05) is 0 Å². The molecule has 0 aromatic heterocycles. The number of carboxylic acids is 1. The summed E-state index contributed by atoms with van der Waals surface area (Å²) in [6.45, 7) is 0. The highest BCUT2D eigenvalue weighted by Crippen LogP contribution is 2.35. The predicted molar refractivity (Wildman–Crippen MR) is 68.3 cm³/mol. The average Bonchev–Trinajstić information content (AvgIpc) is 2.37. The number of anilines is 1. The molecule has 0 spiro atoms. The van der Waals surface area contributed by atoms with Crippen molar-refractivity contribution < 1.29 is 23.1 Å². The van der Waals surface area contributed by atoms with Gasteiger partial charge in [-0.3, -0.25) is 0 Å². The fourth-order valence-corrected chi connectivity index (χ4v) is 2.41. The number of aromatic carboxylic acids is 1. The summed E-state index contributed by atoms with van der Waals surface area (Å²) in [7, 11) is 0. The molecule has 0 fully saturated rings. The molecule has 0 saturated carbocycles. The van der Waals surface area contributed by atoms with Crippen molar-refractivity contribution in [3.05, 3.63) is 53.3 Å². The number of hydrogen-bond acceptors (Lipinski definition) is 3. The molecule has 3 N–H and O–H groups in total. The van der Waals surface area contributed by atoms with Gasteiger partial charge in [-0.25, -0.2) is 18.0 Å². The van der Waals surface area contributed by atoms with Crippen LogP contribution in [0.15, 0.2) is 40.1 Å². The molecule has 0 bridgehead atoms. The number of nitrogen functional groups attached to an aromatic ring is 1. The molecule has 0 saturated heterocycles. The van der Waals surface area contributed by atoms with Crippen LogP contribution in [-0.4, -0.2) is 11.1 Å². The van der Waals surface area contributed by atoms with Gasteiger partial charge in [0.1, 0.15) is 17.5 Å². The van der Waals surface area contributed by atoms with Gasteiger partial charge in [0.2, 0.25) is 0 Å². The highest BCUT2D eigenvalue weighted by atomic mass is 32.2. The standard InChI is InChI=1S/C13H8F3NO2S/c14-6-1-2-8(15)11(3-6)20-12-5-9(16)7(13(18)19)4-10(12)17/h1-5H,17H2,(H,18,19). The molecule has 20 heavy (non-hydrogen) atoms. The maximum Gasteiger partial charge on any atom is 0.338 e. The number of carboxylic acid groups (broad SMARTS) is 1. The molecule has 0 unspecified atom stereocenters. The number of rotatable bonds is 3. The molecule has 2 aromatic rings. The van der Waals surface area contributed by atoms with Crippen LogP contribution in [0, 0.1) is 17.5 Å². The van der Waals surface area contributed by atoms with Crippen LogP contribution in [0.1, 0.15) is 10.4 Å². The predicted octanol–water partition coefficient (Wildman–Crippen LogP) is 3.54. The first-order chi connectivity index (χ1) is 9.38. The van der Waals surface area contributed by atoms with Gasteiger partial charge in [-0.1, -0.05) is 11.8 Å². The van der Waals surface area contributed by atoms with Crippen LogP contribution in [0.2, 0.25) is 0 Å². The Morgan fingerprint density at radius 2 is 1.75 bits per heavy atom. The van der Waals surface area contributed by atoms with Crippen molar-refractivity contribution in [3.8, 4) is 0 Å². The Balaban J connectivity index is 2.42. The zero-order chi connectivity index (χ0) is 14.9. The normalized spacial score (nSPS) is 10.6. The number of benzene rings is 2. The van der Waals surface area contributed by atoms with Crippen molar-refractivity contribution >= 4 is 23.4 Å². The Bertz CT molecular complexity index is 692. The summed E-state index contributed by atoms with van der Waals surface area (Å²) in [4.78, 5) is 10.8. The van der Waals surface area contributed by atoms with Gasteiger partial charge in [0.15, 0.2) is 0 Å². The molecule has 0 aliphatic rings. The monoisotopic (exact) mass is 299 g/mol. The van der Waals surface area contributed by atoms with Gasteiger partial charge in [0.05, 0.1) is 10.5 Å². The van der Waals surface area contributed by atoms with Crippen molar-refractivity contribution in [2.24, 2.45) is 0 Å². The number of nitrogens with two attached hydrogens (primary N) is 1. The molecule has 0 atom stereocenters. The second-order valence-corrected chi connectivity index (χ2v) is 4.94. The van der Waals surface area contributed by atoms with E-state index in [0.717, 1.165) is 30.3 Å². The largest absolute Gasteiger partial charge is 0.478 e. The summed E-state index contributed by atoms with van der Waals surface area (Å²) in [6.07, 6.45) is 0. The van der Waals surface area contributed by atoms with Crippen LogP contribution in [0.3, 0.4) is 0 Å². The molecular formula is C13H8F3NO2S. The van der Waals surface area contributed by atoms with Gasteiger partial charge in [-0.2, -0.15) is 0 Å². The number of halogens is 3. The molecule has 3 nitrogen and oxygen atoms in total. The lowest BCUT2D eigenvalue weighted by atomic mass is 10.2. The van der Waals surface area contributed by atoms with Crippen molar-refractivity contribution in [3.63, 3.8) is 0 Å². The lowest BCUT2D eigenvalue weighted by Gasteiger charge is -2.08. The van der Waals surface area contributed by atoms with Crippen LogP contribution < -0.4 is 5.73 Å². The van der Waals surface area contributed by atoms with E-state index in [0.29, 0.717) is 11.8 Å². The maximum atomic E-state index is 13.5. The second kappa shape index (κ2) is 5.46. The third-order valence-corrected chi connectivity index (χ3v) is 3.55. The Morgan fingerprint density at radius 3 is 2.40 bits per heavy atom. The summed E-state index contributed by atoms with van der Waals surface area (Å²) < 4.78 is 40.1. The van der Waals surface area contributed by atoms with Gasteiger partial charge in [0.25, 0.3) is 0 Å². The van der Waals surface area contributed by atoms with Gasteiger partial charge in [0, 0.05) is 10.6 Å². The van der Waals surface area contributed by atoms with Crippen LogP contribution >= 0.6 is 11.8 Å². The molecule has 2 aromatic carbocycles. The first-order valence-electron chi connectivity index (χ1n) is 5.33. The summed E-state index contributed by atoms with van der Waals surface area (Å²) in [5.74, 6) is -3.78. The molecule has 7 heteroatoms. The third-order valence-electron chi connectivity index (χ3n) is 2.44. The minimum absolute atomic E-state index is 0.0301. The summed E-state index contributed by atoms with van der Waals surface area (Å²) in [6, 6.07) is 4.67. The number of carbonyl (C=O) groups is 1. The van der Waals surface area contributed by atoms with E-state index in [1.54, 1.807) is 0 Å². The van der Waals surface area contributed by atoms with E-state index in [9.17, 15) is 18.0 Å². The smallest absolute Gasteiger partial charge is 0.338 e. The molecule has 0 radical (unpaired) electrons. The van der Waals surface area contributed by atoms with Crippen LogP contribution in [0.4, 0.5) is 18.9 Å². The zero-order valence-electron chi connectivity index (χ0n) is 9.86. The highest BCUT2D eigenvalue weighted by molar-refractivity contribution is 7.99. The summed E-state index contributed by atoms with van der Waals surface area (Å²) >= 11 is 0.717. The quantitative estimate of drug-likeness (QED) is 0.851. The van der Waals surface area contributed by atoms with Crippen LogP contribution in [0.25, 0.3) is 0 Å². The Kier molecular flexibility index (Phi) is 3.89. The maximum absolute atomic E-state index is 13.5. The molecule has 0 amide bonds. The van der Waals surface area contributed by atoms with Gasteiger partial charge in [-0.15, -0.1) is 0 Å². The van der Waals surface area contributed by atoms with Gasteiger partial charge >= 0.3 is 5.97 Å². The first-order valence-corrected chi connectivity index (χ1v) is 6.15. The highest BCUT2D eigenvalue weighted by Gasteiger charge is 2.15. The van der Waals surface area contributed by atoms with E-state index in [4.69, 9.17) is 10.8 Å². The van der Waals surface area contributed by atoms with Crippen LogP contribution in [0.5, 0.6) is 0 Å². The molecule has 104 valence electrons. The van der Waals surface area contributed by atoms with Crippen molar-refractivity contribution in [1.82, 2.24) is 0 Å². The Hall–Kier alpha value is -2.15. The van der Waals surface area contributed by atoms with E-state index < -0.39 is 29.0 Å². The molecule has 0 heterocycles. The summed E-state index contributed by atoms with van der Waals surface area (Å²) in [5, 5.41) is 8.74. The third kappa shape index (κ3) is 2.88. The zero-order valence-corrected chi connectivity index (χ0v) is 10.7. The minimum Gasteiger partial charge on any atom is -0.478 e.